The summed E-state index contributed by atoms with van der Waals surface area (Å²) in [4.78, 5) is 13.5. The maximum Gasteiger partial charge on any atom is 0.248 e. The summed E-state index contributed by atoms with van der Waals surface area (Å²) in [5, 5.41) is 0. The van der Waals surface area contributed by atoms with Crippen LogP contribution in [-0.4, -0.2) is 36.5 Å². The van der Waals surface area contributed by atoms with Crippen molar-refractivity contribution < 1.29 is 9.53 Å². The first-order valence-electron chi connectivity index (χ1n) is 5.91. The monoisotopic (exact) mass is 270 g/mol. The summed E-state index contributed by atoms with van der Waals surface area (Å²) in [6.45, 7) is 2.04. The lowest BCUT2D eigenvalue weighted by molar-refractivity contribution is -0.135. The summed E-state index contributed by atoms with van der Waals surface area (Å²) in [7, 11) is 0. The van der Waals surface area contributed by atoms with Crippen molar-refractivity contribution in [2.75, 3.05) is 19.7 Å². The molecule has 0 bridgehead atoms. The molecule has 1 heterocycles. The molecule has 0 aliphatic carbocycles. The van der Waals surface area contributed by atoms with Crippen molar-refractivity contribution >= 4 is 18.3 Å². The van der Waals surface area contributed by atoms with Crippen LogP contribution in [0.5, 0.6) is 0 Å². The minimum absolute atomic E-state index is 0. The Labute approximate surface area is 114 Å². The van der Waals surface area contributed by atoms with Crippen LogP contribution in [-0.2, 0) is 16.1 Å². The lowest BCUT2D eigenvalue weighted by atomic mass is 10.2. The van der Waals surface area contributed by atoms with Crippen LogP contribution in [0.15, 0.2) is 30.3 Å². The largest absolute Gasteiger partial charge is 0.367 e. The van der Waals surface area contributed by atoms with Gasteiger partial charge in [0.15, 0.2) is 0 Å². The summed E-state index contributed by atoms with van der Waals surface area (Å²) < 4.78 is 5.40. The zero-order valence-electron chi connectivity index (χ0n) is 10.2. The van der Waals surface area contributed by atoms with Gasteiger partial charge in [-0.25, -0.2) is 0 Å². The highest BCUT2D eigenvalue weighted by atomic mass is 35.5. The van der Waals surface area contributed by atoms with Crippen molar-refractivity contribution in [1.29, 1.82) is 0 Å². The SMILES string of the molecule is Cl.N[C@@H]1CCN(C(=O)COCc2ccccc2)C1. The van der Waals surface area contributed by atoms with Gasteiger partial charge in [-0.05, 0) is 12.0 Å². The Balaban J connectivity index is 0.00000162. The van der Waals surface area contributed by atoms with Crippen LogP contribution < -0.4 is 5.73 Å². The molecule has 1 amide bonds. The summed E-state index contributed by atoms with van der Waals surface area (Å²) in [6.07, 6.45) is 0.893. The molecule has 1 aromatic rings. The Bertz CT molecular complexity index is 373. The Morgan fingerprint density at radius 1 is 1.39 bits per heavy atom. The van der Waals surface area contributed by atoms with Gasteiger partial charge in [0.25, 0.3) is 0 Å². The third-order valence-corrected chi connectivity index (χ3v) is 2.91. The quantitative estimate of drug-likeness (QED) is 0.894. The molecule has 18 heavy (non-hydrogen) atoms. The van der Waals surface area contributed by atoms with Crippen LogP contribution in [0.1, 0.15) is 12.0 Å². The number of nitrogens with two attached hydrogens (primary N) is 1. The van der Waals surface area contributed by atoms with E-state index in [4.69, 9.17) is 10.5 Å². The van der Waals surface area contributed by atoms with E-state index in [0.717, 1.165) is 18.5 Å². The number of carbonyl (C=O) groups excluding carboxylic acids is 1. The van der Waals surface area contributed by atoms with Gasteiger partial charge >= 0.3 is 0 Å². The Hall–Kier alpha value is -1.10. The van der Waals surface area contributed by atoms with Crippen molar-refractivity contribution in [3.05, 3.63) is 35.9 Å². The van der Waals surface area contributed by atoms with Gasteiger partial charge in [-0.15, -0.1) is 12.4 Å². The summed E-state index contributed by atoms with van der Waals surface area (Å²) in [5.41, 5.74) is 6.83. The van der Waals surface area contributed by atoms with Crippen molar-refractivity contribution in [2.45, 2.75) is 19.1 Å². The van der Waals surface area contributed by atoms with Crippen molar-refractivity contribution in [1.82, 2.24) is 4.90 Å². The number of carbonyl (C=O) groups is 1. The Kier molecular flexibility index (Phi) is 6.12. The number of rotatable bonds is 4. The molecule has 1 atom stereocenters. The second-order valence-electron chi connectivity index (χ2n) is 4.37. The predicted molar refractivity (Wildman–Crippen MR) is 72.5 cm³/mol. The zero-order valence-corrected chi connectivity index (χ0v) is 11.1. The average Bonchev–Trinajstić information content (AvgIpc) is 2.77. The standard InChI is InChI=1S/C13H18N2O2.ClH/c14-12-6-7-15(8-12)13(16)10-17-9-11-4-2-1-3-5-11;/h1-5,12H,6-10,14H2;1H/t12-;/m1./s1. The van der Waals surface area contributed by atoms with Gasteiger partial charge in [0.1, 0.15) is 6.61 Å². The normalized spacial score (nSPS) is 18.5. The smallest absolute Gasteiger partial charge is 0.248 e. The first kappa shape index (κ1) is 15.0. The molecule has 1 aliphatic heterocycles. The van der Waals surface area contributed by atoms with E-state index < -0.39 is 0 Å². The number of nitrogens with zero attached hydrogens (tertiary/aromatic N) is 1. The molecule has 0 saturated carbocycles. The molecule has 100 valence electrons. The molecule has 5 heteroatoms. The Morgan fingerprint density at radius 2 is 2.11 bits per heavy atom. The van der Waals surface area contributed by atoms with Crippen molar-refractivity contribution in [3.8, 4) is 0 Å². The van der Waals surface area contributed by atoms with Crippen LogP contribution >= 0.6 is 12.4 Å². The van der Waals surface area contributed by atoms with E-state index in [1.165, 1.54) is 0 Å². The molecule has 1 saturated heterocycles. The van der Waals surface area contributed by atoms with E-state index >= 15 is 0 Å². The van der Waals surface area contributed by atoms with Gasteiger partial charge in [0.2, 0.25) is 5.91 Å². The second kappa shape index (κ2) is 7.36. The predicted octanol–water partition coefficient (Wildman–Crippen LogP) is 1.18. The lowest BCUT2D eigenvalue weighted by Crippen LogP contribution is -2.34. The molecule has 1 aliphatic rings. The lowest BCUT2D eigenvalue weighted by Gasteiger charge is -2.15. The molecule has 1 aromatic carbocycles. The molecule has 2 N–H and O–H groups in total. The Morgan fingerprint density at radius 3 is 2.72 bits per heavy atom. The molecular formula is C13H19ClN2O2. The van der Waals surface area contributed by atoms with Crippen molar-refractivity contribution in [3.63, 3.8) is 0 Å². The third-order valence-electron chi connectivity index (χ3n) is 2.91. The van der Waals surface area contributed by atoms with Crippen LogP contribution in [0, 0.1) is 0 Å². The van der Waals surface area contributed by atoms with Crippen molar-refractivity contribution in [2.24, 2.45) is 5.73 Å². The number of ether oxygens (including phenoxy) is 1. The molecular weight excluding hydrogens is 252 g/mol. The summed E-state index contributed by atoms with van der Waals surface area (Å²) >= 11 is 0. The fourth-order valence-corrected chi connectivity index (χ4v) is 1.94. The average molecular weight is 271 g/mol. The number of likely N-dealkylation sites (tertiary alicyclic amines) is 1. The zero-order chi connectivity index (χ0) is 12.1. The van der Waals surface area contributed by atoms with Gasteiger partial charge in [0.05, 0.1) is 6.61 Å². The van der Waals surface area contributed by atoms with Gasteiger partial charge < -0.3 is 15.4 Å². The number of hydrogen-bond acceptors (Lipinski definition) is 3. The van der Waals surface area contributed by atoms with E-state index in [1.807, 2.05) is 30.3 Å². The molecule has 1 fully saturated rings. The van der Waals surface area contributed by atoms with E-state index in [-0.39, 0.29) is 31.0 Å². The molecule has 0 spiro atoms. The highest BCUT2D eigenvalue weighted by Gasteiger charge is 2.23. The van der Waals surface area contributed by atoms with Crippen LogP contribution in [0.3, 0.4) is 0 Å². The first-order chi connectivity index (χ1) is 8.25. The number of halogens is 1. The topological polar surface area (TPSA) is 55.6 Å². The molecule has 2 rings (SSSR count). The maximum atomic E-state index is 11.7. The van der Waals surface area contributed by atoms with E-state index in [0.29, 0.717) is 13.2 Å². The van der Waals surface area contributed by atoms with Gasteiger partial charge in [-0.1, -0.05) is 30.3 Å². The van der Waals surface area contributed by atoms with Gasteiger partial charge in [-0.2, -0.15) is 0 Å². The summed E-state index contributed by atoms with van der Waals surface area (Å²) in [5.74, 6) is 0.0360. The fraction of sp³-hybridized carbons (Fsp3) is 0.462. The van der Waals surface area contributed by atoms with Crippen LogP contribution in [0.4, 0.5) is 0 Å². The molecule has 0 aromatic heterocycles. The molecule has 4 nitrogen and oxygen atoms in total. The highest BCUT2D eigenvalue weighted by molar-refractivity contribution is 5.85. The minimum Gasteiger partial charge on any atom is -0.367 e. The minimum atomic E-state index is 0. The second-order valence-corrected chi connectivity index (χ2v) is 4.37. The molecule has 0 unspecified atom stereocenters. The van der Waals surface area contributed by atoms with E-state index in [9.17, 15) is 4.79 Å². The highest BCUT2D eigenvalue weighted by Crippen LogP contribution is 2.07. The van der Waals surface area contributed by atoms with Crippen LogP contribution in [0.2, 0.25) is 0 Å². The molecule has 0 radical (unpaired) electrons. The van der Waals surface area contributed by atoms with E-state index in [1.54, 1.807) is 4.90 Å². The fourth-order valence-electron chi connectivity index (χ4n) is 1.94. The number of hydrogen-bond donors (Lipinski definition) is 1. The maximum absolute atomic E-state index is 11.7. The summed E-state index contributed by atoms with van der Waals surface area (Å²) in [6, 6.07) is 9.97. The number of benzene rings is 1. The first-order valence-corrected chi connectivity index (χ1v) is 5.91. The number of amides is 1. The van der Waals surface area contributed by atoms with Gasteiger partial charge in [0, 0.05) is 19.1 Å². The third kappa shape index (κ3) is 4.29. The van der Waals surface area contributed by atoms with Crippen LogP contribution in [0.25, 0.3) is 0 Å². The van der Waals surface area contributed by atoms with E-state index in [2.05, 4.69) is 0 Å². The van der Waals surface area contributed by atoms with Gasteiger partial charge in [-0.3, -0.25) is 4.79 Å².